The van der Waals surface area contributed by atoms with Crippen LogP contribution >= 0.6 is 0 Å². The fourth-order valence-electron chi connectivity index (χ4n) is 2.19. The van der Waals surface area contributed by atoms with E-state index in [0.29, 0.717) is 31.1 Å². The summed E-state index contributed by atoms with van der Waals surface area (Å²) in [6, 6.07) is 13.7. The van der Waals surface area contributed by atoms with Gasteiger partial charge in [0.2, 0.25) is 0 Å². The normalized spacial score (nSPS) is 10.3. The second-order valence-electron chi connectivity index (χ2n) is 5.19. The number of hydrogen-bond acceptors (Lipinski definition) is 4. The van der Waals surface area contributed by atoms with E-state index in [-0.39, 0.29) is 5.91 Å². The summed E-state index contributed by atoms with van der Waals surface area (Å²) in [7, 11) is 1.65. The third-order valence-electron chi connectivity index (χ3n) is 3.41. The summed E-state index contributed by atoms with van der Waals surface area (Å²) in [4.78, 5) is 16.3. The second kappa shape index (κ2) is 9.58. The fraction of sp³-hybridized carbons (Fsp3) is 0.333. The summed E-state index contributed by atoms with van der Waals surface area (Å²) in [6.07, 6.45) is 3.51. The predicted octanol–water partition coefficient (Wildman–Crippen LogP) is 2.50. The number of methoxy groups -OCH3 is 1. The Labute approximate surface area is 137 Å². The highest BCUT2D eigenvalue weighted by molar-refractivity contribution is 5.94. The minimum Gasteiger partial charge on any atom is -0.383 e. The molecule has 2 aromatic rings. The molecule has 1 aromatic heterocycles. The van der Waals surface area contributed by atoms with Crippen LogP contribution in [0.25, 0.3) is 0 Å². The Bertz CT molecular complexity index is 602. The predicted molar refractivity (Wildman–Crippen MR) is 91.7 cm³/mol. The van der Waals surface area contributed by atoms with E-state index in [1.54, 1.807) is 25.4 Å². The lowest BCUT2D eigenvalue weighted by atomic mass is 10.1. The molecule has 1 amide bonds. The van der Waals surface area contributed by atoms with Gasteiger partial charge in [0.25, 0.3) is 5.91 Å². The van der Waals surface area contributed by atoms with Crippen LogP contribution in [-0.2, 0) is 11.2 Å². The van der Waals surface area contributed by atoms with Crippen LogP contribution in [0, 0.1) is 0 Å². The number of benzene rings is 1. The first kappa shape index (κ1) is 17.0. The second-order valence-corrected chi connectivity index (χ2v) is 5.19. The first-order chi connectivity index (χ1) is 11.3. The lowest BCUT2D eigenvalue weighted by Gasteiger charge is -2.08. The van der Waals surface area contributed by atoms with Crippen LogP contribution < -0.4 is 10.6 Å². The zero-order chi connectivity index (χ0) is 16.3. The van der Waals surface area contributed by atoms with Gasteiger partial charge in [0.1, 0.15) is 5.82 Å². The summed E-state index contributed by atoms with van der Waals surface area (Å²) in [5, 5.41) is 6.06. The molecule has 1 aromatic carbocycles. The van der Waals surface area contributed by atoms with Crippen molar-refractivity contribution in [1.82, 2.24) is 10.3 Å². The number of carbonyl (C=O) groups excluding carboxylic acids is 1. The van der Waals surface area contributed by atoms with Crippen molar-refractivity contribution < 1.29 is 9.53 Å². The monoisotopic (exact) mass is 313 g/mol. The molecule has 0 saturated heterocycles. The van der Waals surface area contributed by atoms with Crippen LogP contribution in [0.15, 0.2) is 48.7 Å². The quantitative estimate of drug-likeness (QED) is 0.698. The number of anilines is 1. The van der Waals surface area contributed by atoms with Gasteiger partial charge in [0.05, 0.1) is 6.61 Å². The molecular weight excluding hydrogens is 290 g/mol. The Hall–Kier alpha value is -2.40. The SMILES string of the molecule is COCCNc1cc(C(=O)NCCCc2ccccc2)ccn1. The summed E-state index contributed by atoms with van der Waals surface area (Å²) < 4.78 is 4.97. The molecule has 23 heavy (non-hydrogen) atoms. The molecule has 0 bridgehead atoms. The number of aromatic nitrogens is 1. The number of carbonyl (C=O) groups is 1. The highest BCUT2D eigenvalue weighted by Crippen LogP contribution is 2.07. The van der Waals surface area contributed by atoms with Gasteiger partial charge < -0.3 is 15.4 Å². The summed E-state index contributed by atoms with van der Waals surface area (Å²) >= 11 is 0. The van der Waals surface area contributed by atoms with E-state index in [1.807, 2.05) is 18.2 Å². The molecule has 0 aliphatic carbocycles. The number of rotatable bonds is 9. The molecule has 2 rings (SSSR count). The van der Waals surface area contributed by atoms with Crippen molar-refractivity contribution in [2.45, 2.75) is 12.8 Å². The molecule has 0 aliphatic heterocycles. The first-order valence-corrected chi connectivity index (χ1v) is 7.80. The van der Waals surface area contributed by atoms with Crippen molar-refractivity contribution in [3.63, 3.8) is 0 Å². The van der Waals surface area contributed by atoms with E-state index in [0.717, 1.165) is 12.8 Å². The number of aryl methyl sites for hydroxylation is 1. The van der Waals surface area contributed by atoms with Gasteiger partial charge in [0, 0.05) is 32.0 Å². The standard InChI is InChI=1S/C18H23N3O2/c1-23-13-12-20-17-14-16(9-11-19-17)18(22)21-10-5-8-15-6-3-2-4-7-15/h2-4,6-7,9,11,14H,5,8,10,12-13H2,1H3,(H,19,20)(H,21,22). The highest BCUT2D eigenvalue weighted by atomic mass is 16.5. The van der Waals surface area contributed by atoms with E-state index in [4.69, 9.17) is 4.74 Å². The molecule has 5 heteroatoms. The number of hydrogen-bond donors (Lipinski definition) is 2. The average Bonchev–Trinajstić information content (AvgIpc) is 2.60. The zero-order valence-electron chi connectivity index (χ0n) is 13.4. The maximum absolute atomic E-state index is 12.1. The Balaban J connectivity index is 1.75. The van der Waals surface area contributed by atoms with Gasteiger partial charge in [-0.3, -0.25) is 4.79 Å². The van der Waals surface area contributed by atoms with Gasteiger partial charge in [-0.2, -0.15) is 0 Å². The van der Waals surface area contributed by atoms with E-state index in [1.165, 1.54) is 5.56 Å². The van der Waals surface area contributed by atoms with Crippen molar-refractivity contribution in [3.8, 4) is 0 Å². The van der Waals surface area contributed by atoms with E-state index >= 15 is 0 Å². The van der Waals surface area contributed by atoms with Crippen molar-refractivity contribution in [1.29, 1.82) is 0 Å². The molecule has 0 saturated carbocycles. The minimum absolute atomic E-state index is 0.0738. The van der Waals surface area contributed by atoms with Gasteiger partial charge in [-0.15, -0.1) is 0 Å². The van der Waals surface area contributed by atoms with Crippen LogP contribution in [0.1, 0.15) is 22.3 Å². The molecule has 0 spiro atoms. The fourth-order valence-corrected chi connectivity index (χ4v) is 2.19. The van der Waals surface area contributed by atoms with Crippen molar-refractivity contribution in [2.75, 3.05) is 32.1 Å². The van der Waals surface area contributed by atoms with E-state index in [2.05, 4.69) is 27.8 Å². The Morgan fingerprint density at radius 3 is 2.78 bits per heavy atom. The highest BCUT2D eigenvalue weighted by Gasteiger charge is 2.06. The largest absolute Gasteiger partial charge is 0.383 e. The number of ether oxygens (including phenoxy) is 1. The van der Waals surface area contributed by atoms with Crippen LogP contribution in [-0.4, -0.2) is 37.7 Å². The number of nitrogens with one attached hydrogen (secondary N) is 2. The maximum Gasteiger partial charge on any atom is 0.251 e. The van der Waals surface area contributed by atoms with Gasteiger partial charge in [-0.25, -0.2) is 4.98 Å². The molecule has 122 valence electrons. The van der Waals surface area contributed by atoms with Gasteiger partial charge in [-0.05, 0) is 30.5 Å². The molecule has 5 nitrogen and oxygen atoms in total. The summed E-state index contributed by atoms with van der Waals surface area (Å²) in [5.41, 5.74) is 1.90. The first-order valence-electron chi connectivity index (χ1n) is 7.80. The molecule has 0 unspecified atom stereocenters. The number of nitrogens with zero attached hydrogens (tertiary/aromatic N) is 1. The summed E-state index contributed by atoms with van der Waals surface area (Å²) in [6.45, 7) is 1.91. The summed E-state index contributed by atoms with van der Waals surface area (Å²) in [5.74, 6) is 0.606. The van der Waals surface area contributed by atoms with Crippen LogP contribution in [0.5, 0.6) is 0 Å². The van der Waals surface area contributed by atoms with Crippen molar-refractivity contribution >= 4 is 11.7 Å². The smallest absolute Gasteiger partial charge is 0.251 e. The Morgan fingerprint density at radius 1 is 1.17 bits per heavy atom. The third kappa shape index (κ3) is 6.08. The van der Waals surface area contributed by atoms with Gasteiger partial charge in [-0.1, -0.05) is 30.3 Å². The van der Waals surface area contributed by atoms with Crippen molar-refractivity contribution in [3.05, 3.63) is 59.8 Å². The van der Waals surface area contributed by atoms with E-state index in [9.17, 15) is 4.79 Å². The number of amides is 1. The molecule has 0 fully saturated rings. The minimum atomic E-state index is -0.0738. The van der Waals surface area contributed by atoms with Crippen LogP contribution in [0.2, 0.25) is 0 Å². The molecular formula is C18H23N3O2. The molecule has 1 heterocycles. The zero-order valence-corrected chi connectivity index (χ0v) is 13.4. The molecule has 0 atom stereocenters. The van der Waals surface area contributed by atoms with E-state index < -0.39 is 0 Å². The van der Waals surface area contributed by atoms with Crippen LogP contribution in [0.4, 0.5) is 5.82 Å². The molecule has 0 aliphatic rings. The lowest BCUT2D eigenvalue weighted by Crippen LogP contribution is -2.25. The molecule has 0 radical (unpaired) electrons. The third-order valence-corrected chi connectivity index (χ3v) is 3.41. The van der Waals surface area contributed by atoms with Crippen LogP contribution in [0.3, 0.4) is 0 Å². The topological polar surface area (TPSA) is 63.2 Å². The molecule has 2 N–H and O–H groups in total. The van der Waals surface area contributed by atoms with Gasteiger partial charge >= 0.3 is 0 Å². The average molecular weight is 313 g/mol. The number of pyridine rings is 1. The van der Waals surface area contributed by atoms with Gasteiger partial charge in [0.15, 0.2) is 0 Å². The Morgan fingerprint density at radius 2 is 2.00 bits per heavy atom. The maximum atomic E-state index is 12.1. The lowest BCUT2D eigenvalue weighted by molar-refractivity contribution is 0.0953. The van der Waals surface area contributed by atoms with Crippen molar-refractivity contribution in [2.24, 2.45) is 0 Å². The Kier molecular flexibility index (Phi) is 7.07.